The number of aromatic nitrogens is 2. The quantitative estimate of drug-likeness (QED) is 0.689. The predicted octanol–water partition coefficient (Wildman–Crippen LogP) is 3.46. The van der Waals surface area contributed by atoms with Gasteiger partial charge in [0.1, 0.15) is 11.5 Å². The number of methoxy groups -OCH3 is 2. The number of halogens is 3. The Morgan fingerprint density at radius 1 is 1.13 bits per heavy atom. The van der Waals surface area contributed by atoms with Crippen LogP contribution in [0.3, 0.4) is 0 Å². The van der Waals surface area contributed by atoms with Gasteiger partial charge in [-0.05, 0) is 32.0 Å². The van der Waals surface area contributed by atoms with Gasteiger partial charge in [-0.15, -0.1) is 0 Å². The molecule has 1 aromatic carbocycles. The maximum atomic E-state index is 13.6. The normalized spacial score (nSPS) is 15.4. The van der Waals surface area contributed by atoms with Crippen molar-refractivity contribution in [3.8, 4) is 11.5 Å². The number of alkyl halides is 3. The monoisotopic (exact) mass is 440 g/mol. The van der Waals surface area contributed by atoms with Crippen LogP contribution in [0.2, 0.25) is 0 Å². The maximum absolute atomic E-state index is 13.6. The van der Waals surface area contributed by atoms with E-state index in [1.54, 1.807) is 28.1 Å². The number of piperazine rings is 1. The zero-order chi connectivity index (χ0) is 22.8. The molecule has 0 bridgehead atoms. The largest absolute Gasteiger partial charge is 0.497 e. The molecular weight excluding hydrogens is 413 g/mol. The highest BCUT2D eigenvalue weighted by molar-refractivity contribution is 5.95. The highest BCUT2D eigenvalue weighted by Gasteiger charge is 2.41. The zero-order valence-corrected chi connectivity index (χ0v) is 18.1. The fourth-order valence-electron chi connectivity index (χ4n) is 3.72. The Morgan fingerprint density at radius 2 is 1.81 bits per heavy atom. The van der Waals surface area contributed by atoms with E-state index >= 15 is 0 Å². The van der Waals surface area contributed by atoms with Crippen molar-refractivity contribution in [1.29, 1.82) is 0 Å². The van der Waals surface area contributed by atoms with E-state index in [1.807, 2.05) is 18.2 Å². The second kappa shape index (κ2) is 9.17. The number of benzene rings is 1. The summed E-state index contributed by atoms with van der Waals surface area (Å²) in [5.41, 5.74) is -0.445. The summed E-state index contributed by atoms with van der Waals surface area (Å²) in [5, 5.41) is 3.82. The van der Waals surface area contributed by atoms with Crippen LogP contribution in [0.15, 0.2) is 24.4 Å². The number of ether oxygens (including phenoxy) is 2. The van der Waals surface area contributed by atoms with Crippen molar-refractivity contribution in [2.75, 3.05) is 40.4 Å². The van der Waals surface area contributed by atoms with Gasteiger partial charge in [-0.3, -0.25) is 14.4 Å². The maximum Gasteiger partial charge on any atom is 0.433 e. The molecule has 1 amide bonds. The number of amides is 1. The predicted molar refractivity (Wildman–Crippen MR) is 108 cm³/mol. The van der Waals surface area contributed by atoms with E-state index in [0.29, 0.717) is 38.5 Å². The molecule has 3 rings (SSSR count). The highest BCUT2D eigenvalue weighted by Crippen LogP contribution is 2.34. The topological polar surface area (TPSA) is 59.8 Å². The molecule has 2 heterocycles. The number of nitrogens with zero attached hydrogens (tertiary/aromatic N) is 4. The van der Waals surface area contributed by atoms with Gasteiger partial charge in [-0.25, -0.2) is 0 Å². The number of carbonyl (C=O) groups excluding carboxylic acids is 1. The first kappa shape index (κ1) is 22.9. The van der Waals surface area contributed by atoms with Gasteiger partial charge >= 0.3 is 6.18 Å². The summed E-state index contributed by atoms with van der Waals surface area (Å²) in [5.74, 6) is 0.805. The molecule has 31 heavy (non-hydrogen) atoms. The van der Waals surface area contributed by atoms with Gasteiger partial charge < -0.3 is 14.4 Å². The lowest BCUT2D eigenvalue weighted by Crippen LogP contribution is -2.48. The van der Waals surface area contributed by atoms with Crippen LogP contribution in [0.4, 0.5) is 13.2 Å². The van der Waals surface area contributed by atoms with Gasteiger partial charge in [0.05, 0.1) is 26.0 Å². The lowest BCUT2D eigenvalue weighted by Gasteiger charge is -2.35. The minimum atomic E-state index is -4.66. The van der Waals surface area contributed by atoms with E-state index in [-0.39, 0.29) is 0 Å². The average Bonchev–Trinajstić information content (AvgIpc) is 3.20. The molecular formula is C21H27F3N4O3. The van der Waals surface area contributed by atoms with Crippen LogP contribution in [0.5, 0.6) is 11.5 Å². The summed E-state index contributed by atoms with van der Waals surface area (Å²) in [7, 11) is 3.18. The average molecular weight is 440 g/mol. The lowest BCUT2D eigenvalue weighted by molar-refractivity contribution is -0.145. The van der Waals surface area contributed by atoms with Crippen molar-refractivity contribution in [3.63, 3.8) is 0 Å². The summed E-state index contributed by atoms with van der Waals surface area (Å²) in [6.07, 6.45) is -3.63. The molecule has 1 aliphatic rings. The van der Waals surface area contributed by atoms with E-state index in [2.05, 4.69) is 10.00 Å². The van der Waals surface area contributed by atoms with Gasteiger partial charge in [0.25, 0.3) is 5.91 Å². The first-order valence-corrected chi connectivity index (χ1v) is 10.0. The Balaban J connectivity index is 1.70. The molecule has 10 heteroatoms. The van der Waals surface area contributed by atoms with Crippen molar-refractivity contribution in [2.24, 2.45) is 0 Å². The van der Waals surface area contributed by atoms with Gasteiger partial charge in [-0.2, -0.15) is 18.3 Å². The van der Waals surface area contributed by atoms with Crippen LogP contribution in [0, 0.1) is 0 Å². The second-order valence-electron chi connectivity index (χ2n) is 7.69. The number of hydrogen-bond acceptors (Lipinski definition) is 5. The lowest BCUT2D eigenvalue weighted by atomic mass is 10.1. The molecule has 7 nitrogen and oxygen atoms in total. The first-order chi connectivity index (χ1) is 14.7. The Labute approximate surface area is 179 Å². The van der Waals surface area contributed by atoms with Crippen LogP contribution in [0.25, 0.3) is 0 Å². The van der Waals surface area contributed by atoms with Crippen molar-refractivity contribution in [3.05, 3.63) is 41.2 Å². The van der Waals surface area contributed by atoms with Crippen LogP contribution in [0.1, 0.15) is 41.5 Å². The third kappa shape index (κ3) is 4.95. The van der Waals surface area contributed by atoms with Crippen LogP contribution < -0.4 is 9.47 Å². The molecule has 1 aliphatic heterocycles. The Kier molecular flexibility index (Phi) is 6.78. The van der Waals surface area contributed by atoms with Crippen LogP contribution >= 0.6 is 0 Å². The van der Waals surface area contributed by atoms with Crippen LogP contribution in [-0.4, -0.2) is 65.9 Å². The van der Waals surface area contributed by atoms with Gasteiger partial charge in [0.15, 0.2) is 5.69 Å². The molecule has 0 atom stereocenters. The Morgan fingerprint density at radius 3 is 2.35 bits per heavy atom. The number of hydrogen-bond donors (Lipinski definition) is 0. The van der Waals surface area contributed by atoms with Crippen molar-refractivity contribution in [1.82, 2.24) is 19.6 Å². The van der Waals surface area contributed by atoms with E-state index in [4.69, 9.17) is 9.47 Å². The molecule has 1 saturated heterocycles. The smallest absolute Gasteiger partial charge is 0.433 e. The van der Waals surface area contributed by atoms with Crippen molar-refractivity contribution < 1.29 is 27.4 Å². The summed E-state index contributed by atoms with van der Waals surface area (Å²) in [6.45, 7) is 5.51. The summed E-state index contributed by atoms with van der Waals surface area (Å²) in [4.78, 5) is 16.5. The van der Waals surface area contributed by atoms with E-state index in [1.165, 1.54) is 4.90 Å². The molecule has 0 saturated carbocycles. The van der Waals surface area contributed by atoms with Crippen LogP contribution in [-0.2, 0) is 12.7 Å². The van der Waals surface area contributed by atoms with Crippen molar-refractivity contribution in [2.45, 2.75) is 32.6 Å². The van der Waals surface area contributed by atoms with Gasteiger partial charge in [0, 0.05) is 44.3 Å². The van der Waals surface area contributed by atoms with Gasteiger partial charge in [0.2, 0.25) is 0 Å². The van der Waals surface area contributed by atoms with E-state index in [0.717, 1.165) is 22.2 Å². The second-order valence-corrected chi connectivity index (χ2v) is 7.69. The molecule has 170 valence electrons. The third-order valence-corrected chi connectivity index (χ3v) is 5.32. The summed E-state index contributed by atoms with van der Waals surface area (Å²) < 4.78 is 52.4. The SMILES string of the molecule is COc1ccc(OC)c(CN2CCN(C(=O)c3cnn(C(C)C)c3C(F)(F)F)CC2)c1. The summed E-state index contributed by atoms with van der Waals surface area (Å²) >= 11 is 0. The minimum Gasteiger partial charge on any atom is -0.497 e. The molecule has 0 radical (unpaired) electrons. The molecule has 0 spiro atoms. The Bertz CT molecular complexity index is 919. The molecule has 1 fully saturated rings. The highest BCUT2D eigenvalue weighted by atomic mass is 19.4. The van der Waals surface area contributed by atoms with Gasteiger partial charge in [-0.1, -0.05) is 0 Å². The number of carbonyl (C=O) groups is 1. The zero-order valence-electron chi connectivity index (χ0n) is 18.1. The van der Waals surface area contributed by atoms with Crippen molar-refractivity contribution >= 4 is 5.91 Å². The minimum absolute atomic E-state index is 0.329. The standard InChI is InChI=1S/C21H27F3N4O3/c1-14(2)28-19(21(22,23)24)17(12-25-28)20(29)27-9-7-26(8-10-27)13-15-11-16(30-3)5-6-18(15)31-4/h5-6,11-12,14H,7-10,13H2,1-4H3. The summed E-state index contributed by atoms with van der Waals surface area (Å²) in [6, 6.07) is 5.03. The fraction of sp³-hybridized carbons (Fsp3) is 0.524. The third-order valence-electron chi connectivity index (χ3n) is 5.32. The first-order valence-electron chi connectivity index (χ1n) is 10.0. The molecule has 0 N–H and O–H groups in total. The Hall–Kier alpha value is -2.75. The van der Waals surface area contributed by atoms with E-state index in [9.17, 15) is 18.0 Å². The molecule has 0 aliphatic carbocycles. The molecule has 1 aromatic heterocycles. The number of rotatable bonds is 6. The molecule has 0 unspecified atom stereocenters. The fourth-order valence-corrected chi connectivity index (χ4v) is 3.72. The molecule has 2 aromatic rings. The van der Waals surface area contributed by atoms with E-state index < -0.39 is 29.4 Å².